The summed E-state index contributed by atoms with van der Waals surface area (Å²) in [6.45, 7) is 4.95. The zero-order chi connectivity index (χ0) is 59.2. The molecule has 0 saturated heterocycles. The number of rotatable bonds is 71. The molecule has 0 saturated carbocycles. The number of hydrogen-bond acceptors (Lipinski definition) is 5. The molecule has 0 radical (unpaired) electrons. The third kappa shape index (κ3) is 67.5. The molecule has 82 heavy (non-hydrogen) atoms. The van der Waals surface area contributed by atoms with Crippen LogP contribution in [0.15, 0.2) is 24.3 Å². The molecule has 0 fully saturated rings. The molecule has 486 valence electrons. The van der Waals surface area contributed by atoms with Gasteiger partial charge in [-0.15, -0.1) is 0 Å². The largest absolute Gasteiger partial charge is 0.466 e. The highest BCUT2D eigenvalue weighted by molar-refractivity contribution is 5.76. The highest BCUT2D eigenvalue weighted by atomic mass is 16.5. The van der Waals surface area contributed by atoms with E-state index < -0.39 is 12.1 Å². The molecule has 0 heterocycles. The molecule has 0 aliphatic carbocycles. The molecule has 0 aromatic carbocycles. The quantitative estimate of drug-likeness (QED) is 0.0320. The van der Waals surface area contributed by atoms with Crippen molar-refractivity contribution in [2.45, 2.75) is 437 Å². The van der Waals surface area contributed by atoms with Gasteiger partial charge in [-0.25, -0.2) is 0 Å². The number of carbonyl (C=O) groups excluding carboxylic acids is 2. The Morgan fingerprint density at radius 1 is 0.329 bits per heavy atom. The van der Waals surface area contributed by atoms with Crippen LogP contribution < -0.4 is 5.32 Å². The molecular formula is C76H147NO5. The number of ether oxygens (including phenoxy) is 1. The molecule has 0 aliphatic heterocycles. The molecule has 6 heteroatoms. The van der Waals surface area contributed by atoms with E-state index in [1.807, 2.05) is 6.08 Å². The Morgan fingerprint density at radius 2 is 0.573 bits per heavy atom. The van der Waals surface area contributed by atoms with Crippen molar-refractivity contribution < 1.29 is 24.5 Å². The number of aliphatic hydroxyl groups excluding tert-OH is 2. The molecule has 0 aliphatic rings. The maximum absolute atomic E-state index is 12.5. The number of esters is 1. The first-order valence-electron chi connectivity index (χ1n) is 37.6. The summed E-state index contributed by atoms with van der Waals surface area (Å²) >= 11 is 0. The fourth-order valence-corrected chi connectivity index (χ4v) is 12.0. The molecule has 3 N–H and O–H groups in total. The van der Waals surface area contributed by atoms with Crippen LogP contribution in [0.5, 0.6) is 0 Å². The second-order valence-corrected chi connectivity index (χ2v) is 26.0. The van der Waals surface area contributed by atoms with Gasteiger partial charge in [0.15, 0.2) is 0 Å². The number of allylic oxidation sites excluding steroid dienone is 3. The predicted octanol–water partition coefficient (Wildman–Crippen LogP) is 24.5. The highest BCUT2D eigenvalue weighted by Gasteiger charge is 2.18. The van der Waals surface area contributed by atoms with Crippen LogP contribution in [0, 0.1) is 0 Å². The van der Waals surface area contributed by atoms with Gasteiger partial charge in [0.2, 0.25) is 5.91 Å². The fraction of sp³-hybridized carbons (Fsp3) is 0.921. The average molecular weight is 1160 g/mol. The van der Waals surface area contributed by atoms with Gasteiger partial charge < -0.3 is 20.3 Å². The summed E-state index contributed by atoms with van der Waals surface area (Å²) in [5, 5.41) is 23.2. The van der Waals surface area contributed by atoms with Crippen LogP contribution in [0.25, 0.3) is 0 Å². The minimum absolute atomic E-state index is 0.0215. The summed E-state index contributed by atoms with van der Waals surface area (Å²) in [6.07, 6.45) is 91.4. The zero-order valence-corrected chi connectivity index (χ0v) is 55.8. The van der Waals surface area contributed by atoms with Gasteiger partial charge >= 0.3 is 5.97 Å². The van der Waals surface area contributed by atoms with E-state index in [2.05, 4.69) is 31.3 Å². The van der Waals surface area contributed by atoms with E-state index in [-0.39, 0.29) is 18.5 Å². The molecule has 6 nitrogen and oxygen atoms in total. The molecule has 0 aromatic heterocycles. The number of nitrogens with one attached hydrogen (secondary N) is 1. The molecule has 0 bridgehead atoms. The van der Waals surface area contributed by atoms with E-state index in [0.717, 1.165) is 38.5 Å². The average Bonchev–Trinajstić information content (AvgIpc) is 3.48. The van der Waals surface area contributed by atoms with Gasteiger partial charge in [-0.05, 0) is 57.8 Å². The van der Waals surface area contributed by atoms with Crippen LogP contribution in [0.3, 0.4) is 0 Å². The van der Waals surface area contributed by atoms with E-state index >= 15 is 0 Å². The Bertz CT molecular complexity index is 1280. The van der Waals surface area contributed by atoms with Crippen molar-refractivity contribution in [3.8, 4) is 0 Å². The van der Waals surface area contributed by atoms with Gasteiger partial charge in [0.05, 0.1) is 25.4 Å². The first-order valence-corrected chi connectivity index (χ1v) is 37.6. The molecule has 2 atom stereocenters. The molecule has 0 aromatic rings. The van der Waals surface area contributed by atoms with Gasteiger partial charge in [0, 0.05) is 12.8 Å². The maximum atomic E-state index is 12.5. The summed E-state index contributed by atoms with van der Waals surface area (Å²) in [4.78, 5) is 24.6. The Morgan fingerprint density at radius 3 is 0.866 bits per heavy atom. The van der Waals surface area contributed by atoms with Gasteiger partial charge in [0.25, 0.3) is 0 Å². The van der Waals surface area contributed by atoms with Crippen molar-refractivity contribution in [1.82, 2.24) is 5.32 Å². The van der Waals surface area contributed by atoms with Crippen molar-refractivity contribution >= 4 is 11.9 Å². The lowest BCUT2D eigenvalue weighted by Gasteiger charge is -2.20. The minimum Gasteiger partial charge on any atom is -0.466 e. The van der Waals surface area contributed by atoms with Gasteiger partial charge in [-0.3, -0.25) is 9.59 Å². The number of hydrogen-bond donors (Lipinski definition) is 3. The van der Waals surface area contributed by atoms with E-state index in [1.54, 1.807) is 6.08 Å². The smallest absolute Gasteiger partial charge is 0.305 e. The van der Waals surface area contributed by atoms with Gasteiger partial charge in [-0.2, -0.15) is 0 Å². The molecule has 1 amide bonds. The Kier molecular flexibility index (Phi) is 70.4. The number of unbranched alkanes of at least 4 members (excludes halogenated alkanes) is 58. The van der Waals surface area contributed by atoms with Crippen LogP contribution in [0.1, 0.15) is 425 Å². The first kappa shape index (κ1) is 80.3. The maximum Gasteiger partial charge on any atom is 0.305 e. The van der Waals surface area contributed by atoms with Crippen molar-refractivity contribution in [3.63, 3.8) is 0 Å². The zero-order valence-electron chi connectivity index (χ0n) is 55.8. The standard InChI is InChI=1S/C76H147NO5/c1-3-5-7-9-11-13-15-17-19-20-38-41-44-48-52-56-60-64-68-74(79)73(72-78)77-75(80)69-65-61-57-53-49-45-42-39-36-34-32-30-28-26-24-22-21-23-25-27-29-31-33-35-37-40-43-47-51-55-59-63-67-71-82-76(81)70-66-62-58-54-50-46-18-16-14-12-10-8-6-4-2/h25,27,64,68,73-74,78-79H,3-24,26,28-63,65-67,69-72H2,1-2H3,(H,77,80)/b27-25-,68-64+. The monoisotopic (exact) mass is 1150 g/mol. The Balaban J connectivity index is 3.36. The minimum atomic E-state index is -0.842. The van der Waals surface area contributed by atoms with E-state index in [9.17, 15) is 19.8 Å². The Labute approximate surface area is 513 Å². The Hall–Kier alpha value is -1.66. The second kappa shape index (κ2) is 71.8. The number of carbonyl (C=O) groups is 2. The van der Waals surface area contributed by atoms with Crippen LogP contribution in [-0.2, 0) is 14.3 Å². The molecular weight excluding hydrogens is 1010 g/mol. The van der Waals surface area contributed by atoms with Crippen molar-refractivity contribution in [2.75, 3.05) is 13.2 Å². The summed E-state index contributed by atoms with van der Waals surface area (Å²) < 4.78 is 5.50. The molecule has 0 spiro atoms. The fourth-order valence-electron chi connectivity index (χ4n) is 12.0. The van der Waals surface area contributed by atoms with Crippen LogP contribution >= 0.6 is 0 Å². The van der Waals surface area contributed by atoms with Crippen molar-refractivity contribution in [3.05, 3.63) is 24.3 Å². The van der Waals surface area contributed by atoms with E-state index in [1.165, 1.54) is 360 Å². The first-order chi connectivity index (χ1) is 40.5. The van der Waals surface area contributed by atoms with E-state index in [0.29, 0.717) is 19.4 Å². The topological polar surface area (TPSA) is 95.9 Å². The second-order valence-electron chi connectivity index (χ2n) is 26.0. The van der Waals surface area contributed by atoms with E-state index in [4.69, 9.17) is 4.74 Å². The SMILES string of the molecule is CCCCCCCCCCCCCCCCCC/C=C/C(O)C(CO)NC(=O)CCCCCCCCCCCCCCCCCCC/C=C\CCCCCCCCCCCCCCOC(=O)CCCCCCCCCCCCCCCC. The van der Waals surface area contributed by atoms with Gasteiger partial charge in [0.1, 0.15) is 0 Å². The number of amides is 1. The van der Waals surface area contributed by atoms with Crippen molar-refractivity contribution in [1.29, 1.82) is 0 Å². The van der Waals surface area contributed by atoms with Crippen LogP contribution in [0.4, 0.5) is 0 Å². The highest BCUT2D eigenvalue weighted by Crippen LogP contribution is 2.19. The normalized spacial score (nSPS) is 12.6. The number of aliphatic hydroxyl groups is 2. The molecule has 0 rings (SSSR count). The summed E-state index contributed by atoms with van der Waals surface area (Å²) in [5.74, 6) is -0.0395. The third-order valence-electron chi connectivity index (χ3n) is 17.7. The van der Waals surface area contributed by atoms with Crippen LogP contribution in [0.2, 0.25) is 0 Å². The summed E-state index contributed by atoms with van der Waals surface area (Å²) in [5.41, 5.74) is 0. The lowest BCUT2D eigenvalue weighted by Crippen LogP contribution is -2.45. The lowest BCUT2D eigenvalue weighted by molar-refractivity contribution is -0.143. The predicted molar refractivity (Wildman–Crippen MR) is 361 cm³/mol. The van der Waals surface area contributed by atoms with Gasteiger partial charge in [-0.1, -0.05) is 378 Å². The lowest BCUT2D eigenvalue weighted by atomic mass is 10.0. The summed E-state index contributed by atoms with van der Waals surface area (Å²) in [7, 11) is 0. The van der Waals surface area contributed by atoms with Crippen molar-refractivity contribution in [2.24, 2.45) is 0 Å². The summed E-state index contributed by atoms with van der Waals surface area (Å²) in [6, 6.07) is -0.626. The molecule has 2 unspecified atom stereocenters. The third-order valence-corrected chi connectivity index (χ3v) is 17.7. The van der Waals surface area contributed by atoms with Crippen LogP contribution in [-0.4, -0.2) is 47.4 Å².